The number of aliphatic hydroxyl groups is 1. The van der Waals surface area contributed by atoms with Crippen molar-refractivity contribution in [3.63, 3.8) is 0 Å². The summed E-state index contributed by atoms with van der Waals surface area (Å²) in [6.07, 6.45) is 2.93. The highest BCUT2D eigenvalue weighted by atomic mass is 79.9. The molecule has 1 atom stereocenters. The fourth-order valence-electron chi connectivity index (χ4n) is 2.22. The number of pyridine rings is 1. The standard InChI is InChI=1S/C13H10BrFN3O4/c14-8-4-9(15)11(18(20)21)10-12(8)22-6-13(19,17-10)7-2-1-3-16-5-7/h1-5,17,19-20H,6H2/q-1. The first-order valence-corrected chi connectivity index (χ1v) is 6.93. The predicted molar refractivity (Wildman–Crippen MR) is 79.0 cm³/mol. The summed E-state index contributed by atoms with van der Waals surface area (Å²) >= 11 is 3.11. The van der Waals surface area contributed by atoms with Crippen LogP contribution >= 0.6 is 15.9 Å². The molecule has 7 nitrogen and oxygen atoms in total. The van der Waals surface area contributed by atoms with Gasteiger partial charge in [0.1, 0.15) is 18.0 Å². The van der Waals surface area contributed by atoms with Gasteiger partial charge in [0.25, 0.3) is 0 Å². The van der Waals surface area contributed by atoms with Gasteiger partial charge in [-0.3, -0.25) is 10.2 Å². The van der Waals surface area contributed by atoms with Crippen molar-refractivity contribution in [1.29, 1.82) is 0 Å². The maximum absolute atomic E-state index is 13.9. The van der Waals surface area contributed by atoms with Crippen LogP contribution in [0.3, 0.4) is 0 Å². The molecule has 0 radical (unpaired) electrons. The molecule has 116 valence electrons. The summed E-state index contributed by atoms with van der Waals surface area (Å²) < 4.78 is 19.6. The van der Waals surface area contributed by atoms with Gasteiger partial charge in [-0.25, -0.2) is 4.39 Å². The summed E-state index contributed by atoms with van der Waals surface area (Å²) in [6.45, 7) is -0.195. The van der Waals surface area contributed by atoms with Crippen LogP contribution in [0.5, 0.6) is 5.75 Å². The molecule has 1 unspecified atom stereocenters. The summed E-state index contributed by atoms with van der Waals surface area (Å²) in [6, 6.07) is 4.19. The Morgan fingerprint density at radius 1 is 1.55 bits per heavy atom. The SMILES string of the molecule is [O-]N(O)c1c(F)cc(Br)c2c1NC(O)(c1cccnc1)CO2. The van der Waals surface area contributed by atoms with Crippen LogP contribution in [0.25, 0.3) is 0 Å². The zero-order valence-electron chi connectivity index (χ0n) is 11.0. The zero-order valence-corrected chi connectivity index (χ0v) is 12.5. The Labute approximate surface area is 132 Å². The molecule has 1 aliphatic heterocycles. The number of halogens is 2. The van der Waals surface area contributed by atoms with Gasteiger partial charge in [-0.1, -0.05) is 6.07 Å². The molecular formula is C13H10BrFN3O4-. The number of aromatic nitrogens is 1. The Morgan fingerprint density at radius 3 is 2.95 bits per heavy atom. The van der Waals surface area contributed by atoms with E-state index in [-0.39, 0.29) is 22.5 Å². The largest absolute Gasteiger partial charge is 0.733 e. The molecule has 0 saturated carbocycles. The van der Waals surface area contributed by atoms with E-state index >= 15 is 0 Å². The number of rotatable bonds is 2. The smallest absolute Gasteiger partial charge is 0.198 e. The van der Waals surface area contributed by atoms with E-state index < -0.39 is 22.5 Å². The third-order valence-corrected chi connectivity index (χ3v) is 3.84. The van der Waals surface area contributed by atoms with E-state index in [1.165, 1.54) is 12.4 Å². The topological polar surface area (TPSA) is 101 Å². The van der Waals surface area contributed by atoms with E-state index in [9.17, 15) is 14.7 Å². The lowest BCUT2D eigenvalue weighted by Gasteiger charge is -2.38. The minimum atomic E-state index is -1.72. The van der Waals surface area contributed by atoms with Crippen LogP contribution in [0, 0.1) is 11.0 Å². The molecule has 1 aromatic carbocycles. The molecule has 0 saturated heterocycles. The van der Waals surface area contributed by atoms with Gasteiger partial charge in [-0.05, 0) is 28.1 Å². The summed E-state index contributed by atoms with van der Waals surface area (Å²) in [7, 11) is 0. The molecule has 1 aliphatic rings. The van der Waals surface area contributed by atoms with Gasteiger partial charge >= 0.3 is 0 Å². The molecule has 9 heteroatoms. The van der Waals surface area contributed by atoms with E-state index in [0.717, 1.165) is 6.07 Å². The first-order chi connectivity index (χ1) is 10.4. The van der Waals surface area contributed by atoms with E-state index in [4.69, 9.17) is 9.94 Å². The zero-order chi connectivity index (χ0) is 15.9. The lowest BCUT2D eigenvalue weighted by molar-refractivity contribution is 0.00723. The Hall–Kier alpha value is -1.94. The fraction of sp³-hybridized carbons (Fsp3) is 0.154. The Balaban J connectivity index is 2.12. The van der Waals surface area contributed by atoms with Crippen molar-refractivity contribution in [1.82, 2.24) is 4.98 Å². The number of ether oxygens (including phenoxy) is 1. The normalized spacial score (nSPS) is 19.9. The van der Waals surface area contributed by atoms with Crippen molar-refractivity contribution in [3.8, 4) is 5.75 Å². The van der Waals surface area contributed by atoms with Crippen LogP contribution in [0.15, 0.2) is 35.1 Å². The fourth-order valence-corrected chi connectivity index (χ4v) is 2.73. The first kappa shape index (κ1) is 15.0. The molecule has 0 fully saturated rings. The highest BCUT2D eigenvalue weighted by Gasteiger charge is 2.38. The number of fused-ring (bicyclic) bond motifs is 1. The molecule has 0 amide bonds. The number of hydrogen-bond donors (Lipinski definition) is 3. The average molecular weight is 371 g/mol. The van der Waals surface area contributed by atoms with Gasteiger partial charge in [0, 0.05) is 18.0 Å². The van der Waals surface area contributed by atoms with Crippen LogP contribution < -0.4 is 15.3 Å². The molecule has 3 N–H and O–H groups in total. The highest BCUT2D eigenvalue weighted by Crippen LogP contribution is 2.47. The van der Waals surface area contributed by atoms with Gasteiger partial charge in [0.15, 0.2) is 17.3 Å². The lowest BCUT2D eigenvalue weighted by Crippen LogP contribution is -2.44. The van der Waals surface area contributed by atoms with Gasteiger partial charge in [-0.2, -0.15) is 0 Å². The van der Waals surface area contributed by atoms with Crippen LogP contribution in [0.4, 0.5) is 15.8 Å². The van der Waals surface area contributed by atoms with Gasteiger partial charge in [0.2, 0.25) is 0 Å². The Kier molecular flexibility index (Phi) is 3.65. The van der Waals surface area contributed by atoms with Crippen LogP contribution in [0.2, 0.25) is 0 Å². The summed E-state index contributed by atoms with van der Waals surface area (Å²) in [5.74, 6) is -0.866. The van der Waals surface area contributed by atoms with E-state index in [2.05, 4.69) is 26.2 Å². The number of nitrogens with one attached hydrogen (secondary N) is 1. The monoisotopic (exact) mass is 370 g/mol. The number of nitrogens with zero attached hydrogens (tertiary/aromatic N) is 2. The van der Waals surface area contributed by atoms with Crippen molar-refractivity contribution in [2.45, 2.75) is 5.72 Å². The first-order valence-electron chi connectivity index (χ1n) is 6.14. The molecule has 3 rings (SSSR count). The molecule has 1 aromatic heterocycles. The molecule has 2 heterocycles. The summed E-state index contributed by atoms with van der Waals surface area (Å²) in [5, 5.41) is 33.0. The van der Waals surface area contributed by atoms with Crippen LogP contribution in [-0.2, 0) is 5.72 Å². The minimum Gasteiger partial charge on any atom is -0.733 e. The van der Waals surface area contributed by atoms with Crippen molar-refractivity contribution in [2.75, 3.05) is 17.2 Å². The van der Waals surface area contributed by atoms with E-state index in [0.29, 0.717) is 5.56 Å². The van der Waals surface area contributed by atoms with Crippen LogP contribution in [-0.4, -0.2) is 21.9 Å². The molecule has 22 heavy (non-hydrogen) atoms. The third-order valence-electron chi connectivity index (χ3n) is 3.25. The number of hydrogen-bond acceptors (Lipinski definition) is 7. The number of benzene rings is 1. The Bertz CT molecular complexity index is 716. The molecular weight excluding hydrogens is 361 g/mol. The van der Waals surface area contributed by atoms with Crippen molar-refractivity contribution < 1.29 is 19.4 Å². The number of anilines is 2. The Morgan fingerprint density at radius 2 is 2.32 bits per heavy atom. The minimum absolute atomic E-state index is 0.111. The predicted octanol–water partition coefficient (Wildman–Crippen LogP) is 2.33. The summed E-state index contributed by atoms with van der Waals surface area (Å²) in [5.41, 5.74) is -2.20. The van der Waals surface area contributed by atoms with Crippen molar-refractivity contribution in [3.05, 3.63) is 51.7 Å². The van der Waals surface area contributed by atoms with Crippen molar-refractivity contribution >= 4 is 27.3 Å². The van der Waals surface area contributed by atoms with E-state index in [1.54, 1.807) is 12.1 Å². The van der Waals surface area contributed by atoms with Gasteiger partial charge in [-0.15, -0.1) is 0 Å². The van der Waals surface area contributed by atoms with Gasteiger partial charge < -0.3 is 25.6 Å². The van der Waals surface area contributed by atoms with Crippen LogP contribution in [0.1, 0.15) is 5.56 Å². The lowest BCUT2D eigenvalue weighted by atomic mass is 10.0. The quantitative estimate of drug-likeness (QED) is 0.697. The third kappa shape index (κ3) is 2.37. The van der Waals surface area contributed by atoms with Gasteiger partial charge in [0.05, 0.1) is 4.47 Å². The maximum atomic E-state index is 13.9. The van der Waals surface area contributed by atoms with Crippen molar-refractivity contribution in [2.24, 2.45) is 0 Å². The second kappa shape index (κ2) is 5.36. The van der Waals surface area contributed by atoms with E-state index in [1.807, 2.05) is 0 Å². The second-order valence-corrected chi connectivity index (χ2v) is 5.54. The highest BCUT2D eigenvalue weighted by molar-refractivity contribution is 9.10. The average Bonchev–Trinajstić information content (AvgIpc) is 2.47. The molecule has 2 aromatic rings. The summed E-state index contributed by atoms with van der Waals surface area (Å²) in [4.78, 5) is 3.89. The maximum Gasteiger partial charge on any atom is 0.198 e. The second-order valence-electron chi connectivity index (χ2n) is 4.68. The molecule has 0 aliphatic carbocycles. The molecule has 0 spiro atoms. The molecule has 0 bridgehead atoms.